The Morgan fingerprint density at radius 2 is 2.14 bits per heavy atom. The van der Waals surface area contributed by atoms with Crippen LogP contribution in [0.3, 0.4) is 0 Å². The number of aryl methyl sites for hydroxylation is 1. The Balaban J connectivity index is 1.96. The zero-order chi connectivity index (χ0) is 14.8. The molecule has 0 aliphatic carbocycles. The summed E-state index contributed by atoms with van der Waals surface area (Å²) in [5.41, 5.74) is 2.96. The maximum absolute atomic E-state index is 12.4. The Hall–Kier alpha value is -2.40. The molecule has 0 saturated carbocycles. The van der Waals surface area contributed by atoms with Crippen molar-refractivity contribution in [3.8, 4) is 0 Å². The summed E-state index contributed by atoms with van der Waals surface area (Å²) in [6.45, 7) is 2.65. The number of fused-ring (bicyclic) bond motifs is 1. The van der Waals surface area contributed by atoms with Crippen LogP contribution in [-0.2, 0) is 6.54 Å². The fourth-order valence-electron chi connectivity index (χ4n) is 2.55. The van der Waals surface area contributed by atoms with E-state index in [1.54, 1.807) is 33.7 Å². The van der Waals surface area contributed by atoms with Gasteiger partial charge in [-0.1, -0.05) is 29.8 Å². The van der Waals surface area contributed by atoms with E-state index in [0.29, 0.717) is 12.1 Å². The van der Waals surface area contributed by atoms with Gasteiger partial charge in [0.2, 0.25) is 0 Å². The van der Waals surface area contributed by atoms with Gasteiger partial charge in [-0.3, -0.25) is 4.79 Å². The summed E-state index contributed by atoms with van der Waals surface area (Å²) in [5, 5.41) is 7.36. The molecule has 1 unspecified atom stereocenters. The molecule has 0 fully saturated rings. The van der Waals surface area contributed by atoms with Crippen molar-refractivity contribution < 1.29 is 0 Å². The van der Waals surface area contributed by atoms with Gasteiger partial charge in [-0.15, -0.1) is 0 Å². The van der Waals surface area contributed by atoms with E-state index < -0.39 is 0 Å². The minimum Gasteiger partial charge on any atom is -0.312 e. The van der Waals surface area contributed by atoms with Crippen molar-refractivity contribution in [2.24, 2.45) is 0 Å². The number of rotatable bonds is 4. The van der Waals surface area contributed by atoms with E-state index in [2.05, 4.69) is 35.5 Å². The highest BCUT2D eigenvalue weighted by atomic mass is 16.1. The largest absolute Gasteiger partial charge is 0.312 e. The number of aromatic nitrogens is 3. The van der Waals surface area contributed by atoms with Crippen LogP contribution < -0.4 is 10.9 Å². The van der Waals surface area contributed by atoms with Crippen LogP contribution >= 0.6 is 0 Å². The minimum absolute atomic E-state index is 0.0251. The second kappa shape index (κ2) is 5.54. The molecular formula is C16H18N4O. The summed E-state index contributed by atoms with van der Waals surface area (Å²) >= 11 is 0. The predicted molar refractivity (Wildman–Crippen MR) is 82.4 cm³/mol. The van der Waals surface area contributed by atoms with Crippen molar-refractivity contribution in [1.82, 2.24) is 19.5 Å². The van der Waals surface area contributed by atoms with E-state index in [-0.39, 0.29) is 11.6 Å². The molecule has 0 spiro atoms. The summed E-state index contributed by atoms with van der Waals surface area (Å²) < 4.78 is 3.32. The molecule has 21 heavy (non-hydrogen) atoms. The van der Waals surface area contributed by atoms with Crippen LogP contribution in [0, 0.1) is 6.92 Å². The van der Waals surface area contributed by atoms with E-state index in [4.69, 9.17) is 0 Å². The van der Waals surface area contributed by atoms with Crippen LogP contribution in [0.4, 0.5) is 0 Å². The Morgan fingerprint density at radius 1 is 1.29 bits per heavy atom. The smallest absolute Gasteiger partial charge is 0.276 e. The fraction of sp³-hybridized carbons (Fsp3) is 0.250. The highest BCUT2D eigenvalue weighted by Crippen LogP contribution is 2.15. The normalized spacial score (nSPS) is 12.7. The lowest BCUT2D eigenvalue weighted by Gasteiger charge is -2.18. The van der Waals surface area contributed by atoms with Gasteiger partial charge in [-0.05, 0) is 25.6 Å². The highest BCUT2D eigenvalue weighted by molar-refractivity contribution is 5.42. The van der Waals surface area contributed by atoms with Gasteiger partial charge in [-0.2, -0.15) is 5.10 Å². The van der Waals surface area contributed by atoms with E-state index in [1.807, 2.05) is 13.1 Å². The molecule has 2 aromatic heterocycles. The number of nitrogens with one attached hydrogen (secondary N) is 1. The zero-order valence-electron chi connectivity index (χ0n) is 12.2. The Bertz CT molecular complexity index is 818. The lowest BCUT2D eigenvalue weighted by molar-refractivity contribution is 0.490. The first-order chi connectivity index (χ1) is 10.2. The lowest BCUT2D eigenvalue weighted by atomic mass is 10.0. The van der Waals surface area contributed by atoms with Gasteiger partial charge in [0.05, 0.1) is 12.2 Å². The molecule has 0 aliphatic heterocycles. The van der Waals surface area contributed by atoms with Crippen LogP contribution in [0.25, 0.3) is 5.52 Å². The second-order valence-corrected chi connectivity index (χ2v) is 5.17. The quantitative estimate of drug-likeness (QED) is 0.793. The summed E-state index contributed by atoms with van der Waals surface area (Å²) in [5.74, 6) is 0. The summed E-state index contributed by atoms with van der Waals surface area (Å²) in [6, 6.07) is 10.2. The van der Waals surface area contributed by atoms with Gasteiger partial charge in [0.25, 0.3) is 5.56 Å². The summed E-state index contributed by atoms with van der Waals surface area (Å²) in [4.78, 5) is 12.4. The second-order valence-electron chi connectivity index (χ2n) is 5.17. The molecule has 1 aromatic carbocycles. The molecule has 3 aromatic rings. The maximum atomic E-state index is 12.4. The number of hydrogen-bond acceptors (Lipinski definition) is 3. The number of nitrogens with zero attached hydrogens (tertiary/aromatic N) is 3. The molecule has 5 nitrogen and oxygen atoms in total. The first-order valence-corrected chi connectivity index (χ1v) is 6.95. The molecule has 1 N–H and O–H groups in total. The average molecular weight is 282 g/mol. The SMILES string of the molecule is CNC(Cn1ccn2nccc2c1=O)c1cccc(C)c1. The number of likely N-dealkylation sites (N-methyl/N-ethyl adjacent to an activating group) is 1. The Morgan fingerprint density at radius 3 is 2.90 bits per heavy atom. The molecule has 1 atom stereocenters. The number of benzene rings is 1. The van der Waals surface area contributed by atoms with Gasteiger partial charge in [0, 0.05) is 18.9 Å². The molecule has 0 aliphatic rings. The molecule has 108 valence electrons. The van der Waals surface area contributed by atoms with Crippen molar-refractivity contribution in [1.29, 1.82) is 0 Å². The standard InChI is InChI=1S/C16H18N4O/c1-12-4-3-5-13(10-12)14(17-2)11-19-8-9-20-15(16(19)21)6-7-18-20/h3-10,14,17H,11H2,1-2H3. The summed E-state index contributed by atoms with van der Waals surface area (Å²) in [7, 11) is 1.91. The van der Waals surface area contributed by atoms with Gasteiger partial charge in [0.15, 0.2) is 0 Å². The average Bonchev–Trinajstić information content (AvgIpc) is 2.96. The van der Waals surface area contributed by atoms with Crippen LogP contribution in [0.1, 0.15) is 17.2 Å². The summed E-state index contributed by atoms with van der Waals surface area (Å²) in [6.07, 6.45) is 5.22. The first-order valence-electron chi connectivity index (χ1n) is 6.95. The highest BCUT2D eigenvalue weighted by Gasteiger charge is 2.12. The van der Waals surface area contributed by atoms with Gasteiger partial charge < -0.3 is 9.88 Å². The van der Waals surface area contributed by atoms with Crippen LogP contribution in [-0.4, -0.2) is 21.2 Å². The van der Waals surface area contributed by atoms with Crippen LogP contribution in [0.15, 0.2) is 53.7 Å². The first kappa shape index (κ1) is 13.6. The third-order valence-corrected chi connectivity index (χ3v) is 3.71. The molecule has 2 heterocycles. The van der Waals surface area contributed by atoms with Crippen molar-refractivity contribution in [2.75, 3.05) is 7.05 Å². The van der Waals surface area contributed by atoms with E-state index in [1.165, 1.54) is 11.1 Å². The maximum Gasteiger partial charge on any atom is 0.276 e. The molecule has 3 rings (SSSR count). The third-order valence-electron chi connectivity index (χ3n) is 3.71. The van der Waals surface area contributed by atoms with E-state index in [0.717, 1.165) is 0 Å². The molecular weight excluding hydrogens is 264 g/mol. The molecule has 0 saturated heterocycles. The number of hydrogen-bond donors (Lipinski definition) is 1. The zero-order valence-corrected chi connectivity index (χ0v) is 12.2. The molecule has 0 bridgehead atoms. The van der Waals surface area contributed by atoms with Crippen molar-refractivity contribution in [2.45, 2.75) is 19.5 Å². The predicted octanol–water partition coefficient (Wildman–Crippen LogP) is 1.77. The van der Waals surface area contributed by atoms with Crippen molar-refractivity contribution in [3.05, 3.63) is 70.4 Å². The molecule has 5 heteroatoms. The van der Waals surface area contributed by atoms with Crippen molar-refractivity contribution >= 4 is 5.52 Å². The van der Waals surface area contributed by atoms with E-state index in [9.17, 15) is 4.79 Å². The molecule has 0 amide bonds. The van der Waals surface area contributed by atoms with Gasteiger partial charge >= 0.3 is 0 Å². The fourth-order valence-corrected chi connectivity index (χ4v) is 2.55. The topological polar surface area (TPSA) is 51.3 Å². The lowest BCUT2D eigenvalue weighted by Crippen LogP contribution is -2.29. The minimum atomic E-state index is -0.0251. The molecule has 0 radical (unpaired) electrons. The van der Waals surface area contributed by atoms with Gasteiger partial charge in [-0.25, -0.2) is 4.52 Å². The van der Waals surface area contributed by atoms with Crippen LogP contribution in [0.5, 0.6) is 0 Å². The third kappa shape index (κ3) is 2.60. The monoisotopic (exact) mass is 282 g/mol. The van der Waals surface area contributed by atoms with Gasteiger partial charge in [0.1, 0.15) is 5.52 Å². The Kier molecular flexibility index (Phi) is 3.58. The van der Waals surface area contributed by atoms with Crippen molar-refractivity contribution in [3.63, 3.8) is 0 Å². The Labute approximate surface area is 122 Å². The van der Waals surface area contributed by atoms with E-state index >= 15 is 0 Å². The van der Waals surface area contributed by atoms with Crippen LogP contribution in [0.2, 0.25) is 0 Å².